The second-order valence-corrected chi connectivity index (χ2v) is 6.76. The van der Waals surface area contributed by atoms with Crippen molar-refractivity contribution < 1.29 is 4.74 Å². The molecule has 0 spiro atoms. The molecule has 0 amide bonds. The molecule has 1 atom stereocenters. The van der Waals surface area contributed by atoms with Gasteiger partial charge in [-0.2, -0.15) is 0 Å². The van der Waals surface area contributed by atoms with E-state index in [2.05, 4.69) is 15.0 Å². The normalized spacial score (nSPS) is 16.9. The minimum Gasteiger partial charge on any atom is -0.488 e. The molecule has 0 aromatic carbocycles. The van der Waals surface area contributed by atoms with Gasteiger partial charge in [-0.05, 0) is 31.9 Å². The van der Waals surface area contributed by atoms with Crippen LogP contribution in [0.5, 0.6) is 5.75 Å². The number of imidazole rings is 1. The first-order valence-corrected chi connectivity index (χ1v) is 8.89. The molecule has 8 nitrogen and oxygen atoms in total. The summed E-state index contributed by atoms with van der Waals surface area (Å²) in [4.78, 5) is 36.5. The first-order chi connectivity index (χ1) is 13.1. The average molecular weight is 363 g/mol. The number of nitrogens with zero attached hydrogens (tertiary/aromatic N) is 4. The Balaban J connectivity index is 1.90. The van der Waals surface area contributed by atoms with Crippen molar-refractivity contribution in [1.29, 1.82) is 0 Å². The molecule has 4 aromatic rings. The van der Waals surface area contributed by atoms with Crippen molar-refractivity contribution in [3.63, 3.8) is 0 Å². The van der Waals surface area contributed by atoms with Crippen LogP contribution in [0.2, 0.25) is 0 Å². The van der Waals surface area contributed by atoms with E-state index in [4.69, 9.17) is 4.74 Å². The number of aromatic amines is 1. The summed E-state index contributed by atoms with van der Waals surface area (Å²) >= 11 is 0. The molecule has 27 heavy (non-hydrogen) atoms. The summed E-state index contributed by atoms with van der Waals surface area (Å²) in [6, 6.07) is 6.70. The molecular weight excluding hydrogens is 346 g/mol. The van der Waals surface area contributed by atoms with E-state index in [9.17, 15) is 9.59 Å². The van der Waals surface area contributed by atoms with Gasteiger partial charge in [-0.1, -0.05) is 0 Å². The van der Waals surface area contributed by atoms with Crippen LogP contribution in [0.4, 0.5) is 0 Å². The third-order valence-corrected chi connectivity index (χ3v) is 4.91. The maximum absolute atomic E-state index is 12.7. The van der Waals surface area contributed by atoms with Crippen molar-refractivity contribution in [1.82, 2.24) is 24.1 Å². The van der Waals surface area contributed by atoms with Gasteiger partial charge < -0.3 is 9.30 Å². The van der Waals surface area contributed by atoms with Crippen LogP contribution in [0, 0.1) is 0 Å². The number of hydrogen-bond donors (Lipinski definition) is 1. The van der Waals surface area contributed by atoms with Gasteiger partial charge in [-0.25, -0.2) is 19.3 Å². The largest absolute Gasteiger partial charge is 0.488 e. The lowest BCUT2D eigenvalue weighted by molar-refractivity contribution is 0.207. The lowest BCUT2D eigenvalue weighted by Crippen LogP contribution is -2.20. The Hall–Kier alpha value is -3.42. The first kappa shape index (κ1) is 15.8. The third kappa shape index (κ3) is 2.44. The molecule has 5 heterocycles. The van der Waals surface area contributed by atoms with Crippen LogP contribution in [0.1, 0.15) is 19.8 Å². The molecule has 0 saturated carbocycles. The van der Waals surface area contributed by atoms with Crippen molar-refractivity contribution in [2.24, 2.45) is 0 Å². The van der Waals surface area contributed by atoms with Gasteiger partial charge in [-0.15, -0.1) is 0 Å². The topological polar surface area (TPSA) is 94.8 Å². The zero-order valence-corrected chi connectivity index (χ0v) is 14.7. The van der Waals surface area contributed by atoms with Crippen LogP contribution in [-0.4, -0.2) is 30.2 Å². The highest BCUT2D eigenvalue weighted by molar-refractivity contribution is 5.81. The van der Waals surface area contributed by atoms with Gasteiger partial charge in [0.1, 0.15) is 22.7 Å². The molecule has 0 radical (unpaired) electrons. The number of nitrogens with one attached hydrogen (secondary N) is 1. The number of aryl methyl sites for hydroxylation is 1. The Morgan fingerprint density at radius 2 is 2.11 bits per heavy atom. The van der Waals surface area contributed by atoms with Gasteiger partial charge >= 0.3 is 5.69 Å². The van der Waals surface area contributed by atoms with Crippen molar-refractivity contribution in [3.8, 4) is 11.6 Å². The smallest absolute Gasteiger partial charge is 0.333 e. The first-order valence-electron chi connectivity index (χ1n) is 8.89. The lowest BCUT2D eigenvalue weighted by atomic mass is 10.2. The van der Waals surface area contributed by atoms with Crippen LogP contribution in [0.3, 0.4) is 0 Å². The summed E-state index contributed by atoms with van der Waals surface area (Å²) in [5.41, 5.74) is 1.12. The molecular formula is C19H17N5O3. The SMILES string of the molecule is CC1CCCn2ccc(=O)c3ccc(nc32)-n2c(=O)[nH]c3nccc(c32)O1. The highest BCUT2D eigenvalue weighted by Crippen LogP contribution is 2.26. The lowest BCUT2D eigenvalue weighted by Gasteiger charge is -2.18. The molecule has 8 heteroatoms. The van der Waals surface area contributed by atoms with E-state index in [1.807, 2.05) is 11.5 Å². The quantitative estimate of drug-likeness (QED) is 0.515. The predicted molar refractivity (Wildman–Crippen MR) is 101 cm³/mol. The number of aromatic nitrogens is 5. The van der Waals surface area contributed by atoms with Crippen molar-refractivity contribution in [2.75, 3.05) is 0 Å². The van der Waals surface area contributed by atoms with E-state index in [1.165, 1.54) is 4.57 Å². The van der Waals surface area contributed by atoms with Crippen molar-refractivity contribution in [3.05, 3.63) is 57.4 Å². The van der Waals surface area contributed by atoms with Crippen LogP contribution in [0.15, 0.2) is 46.2 Å². The Morgan fingerprint density at radius 3 is 3.00 bits per heavy atom. The van der Waals surface area contributed by atoms with Crippen LogP contribution < -0.4 is 15.9 Å². The Labute approximate surface area is 153 Å². The van der Waals surface area contributed by atoms with E-state index >= 15 is 0 Å². The maximum atomic E-state index is 12.7. The predicted octanol–water partition coefficient (Wildman–Crippen LogP) is 1.98. The molecule has 136 valence electrons. The Bertz CT molecular complexity index is 1300. The summed E-state index contributed by atoms with van der Waals surface area (Å²) in [6.45, 7) is 2.72. The number of H-pyrrole nitrogens is 1. The van der Waals surface area contributed by atoms with E-state index in [-0.39, 0.29) is 17.2 Å². The molecule has 1 unspecified atom stereocenters. The highest BCUT2D eigenvalue weighted by Gasteiger charge is 2.19. The third-order valence-electron chi connectivity index (χ3n) is 4.91. The van der Waals surface area contributed by atoms with Crippen LogP contribution in [0.25, 0.3) is 28.0 Å². The number of ether oxygens (including phenoxy) is 1. The van der Waals surface area contributed by atoms with E-state index in [1.54, 1.807) is 36.7 Å². The van der Waals surface area contributed by atoms with E-state index in [0.717, 1.165) is 12.8 Å². The Kier molecular flexibility index (Phi) is 3.40. The van der Waals surface area contributed by atoms with E-state index in [0.29, 0.717) is 40.3 Å². The van der Waals surface area contributed by atoms with Crippen LogP contribution in [-0.2, 0) is 6.54 Å². The number of fused-ring (bicyclic) bond motifs is 2. The molecule has 0 fully saturated rings. The number of pyridine rings is 3. The second kappa shape index (κ2) is 5.80. The monoisotopic (exact) mass is 363 g/mol. The molecule has 1 aliphatic heterocycles. The average Bonchev–Trinajstić information content (AvgIpc) is 2.99. The fourth-order valence-corrected chi connectivity index (χ4v) is 3.61. The van der Waals surface area contributed by atoms with Gasteiger partial charge in [0.2, 0.25) is 0 Å². The van der Waals surface area contributed by atoms with Crippen molar-refractivity contribution in [2.45, 2.75) is 32.4 Å². The summed E-state index contributed by atoms with van der Waals surface area (Å²) in [6.07, 6.45) is 5.03. The molecule has 5 rings (SSSR count). The number of rotatable bonds is 0. The highest BCUT2D eigenvalue weighted by atomic mass is 16.5. The summed E-state index contributed by atoms with van der Waals surface area (Å²) in [7, 11) is 0. The van der Waals surface area contributed by atoms with Gasteiger partial charge in [0, 0.05) is 31.1 Å². The minimum absolute atomic E-state index is 0.0327. The Morgan fingerprint density at radius 1 is 1.22 bits per heavy atom. The zero-order valence-electron chi connectivity index (χ0n) is 14.7. The number of hydrogen-bond acceptors (Lipinski definition) is 5. The molecule has 0 aliphatic carbocycles. The van der Waals surface area contributed by atoms with E-state index < -0.39 is 0 Å². The summed E-state index contributed by atoms with van der Waals surface area (Å²) < 4.78 is 9.51. The molecule has 2 bridgehead atoms. The minimum atomic E-state index is -0.352. The molecule has 1 aliphatic rings. The van der Waals surface area contributed by atoms with Gasteiger partial charge in [0.15, 0.2) is 11.1 Å². The second-order valence-electron chi connectivity index (χ2n) is 6.76. The van der Waals surface area contributed by atoms with Gasteiger partial charge in [0.25, 0.3) is 0 Å². The summed E-state index contributed by atoms with van der Waals surface area (Å²) in [5.74, 6) is 1.00. The van der Waals surface area contributed by atoms with Gasteiger partial charge in [0.05, 0.1) is 11.5 Å². The van der Waals surface area contributed by atoms with Gasteiger partial charge in [-0.3, -0.25) is 9.78 Å². The molecule has 1 N–H and O–H groups in total. The molecule has 4 aromatic heterocycles. The standard InChI is InChI=1S/C19H17N5O3/c1-11-3-2-9-23-10-7-13(25)12-4-5-15(21-18(12)23)24-16-14(27-11)6-8-20-17(16)22-19(24)26/h4-8,10-11H,2-3,9H2,1H3,(H,20,22,26). The zero-order chi connectivity index (χ0) is 18.5. The summed E-state index contributed by atoms with van der Waals surface area (Å²) in [5, 5.41) is 0.536. The molecule has 0 saturated heterocycles. The van der Waals surface area contributed by atoms with Crippen LogP contribution >= 0.6 is 0 Å². The maximum Gasteiger partial charge on any atom is 0.333 e. The fourth-order valence-electron chi connectivity index (χ4n) is 3.61. The fraction of sp³-hybridized carbons (Fsp3) is 0.263. The van der Waals surface area contributed by atoms with Crippen molar-refractivity contribution >= 4 is 22.2 Å².